The van der Waals surface area contributed by atoms with E-state index in [2.05, 4.69) is 9.47 Å². The average molecular weight is 329 g/mol. The summed E-state index contributed by atoms with van der Waals surface area (Å²) < 4.78 is 44.3. The maximum absolute atomic E-state index is 12.0. The fourth-order valence-corrected chi connectivity index (χ4v) is 1.75. The van der Waals surface area contributed by atoms with E-state index in [0.29, 0.717) is 0 Å². The van der Waals surface area contributed by atoms with Crippen molar-refractivity contribution in [1.29, 1.82) is 0 Å². The second-order valence-corrected chi connectivity index (χ2v) is 4.28. The minimum Gasteiger partial charge on any atom is -0.464 e. The van der Waals surface area contributed by atoms with Crippen LogP contribution in [0.1, 0.15) is 18.6 Å². The standard InChI is InChI=1S/C12H12ClF3O5/c1-2-20-11(19)10(18)9(17)7-4-3-6(5-8(7)13)21-12(14,15)16/h3-5,9-10,17-18H,2H2,1H3. The van der Waals surface area contributed by atoms with Gasteiger partial charge in [-0.1, -0.05) is 17.7 Å². The zero-order valence-corrected chi connectivity index (χ0v) is 11.5. The number of esters is 1. The maximum Gasteiger partial charge on any atom is 0.573 e. The van der Waals surface area contributed by atoms with Crippen LogP contribution in [0.4, 0.5) is 13.2 Å². The first-order chi connectivity index (χ1) is 9.65. The van der Waals surface area contributed by atoms with Crippen LogP contribution in [0.15, 0.2) is 18.2 Å². The highest BCUT2D eigenvalue weighted by Gasteiger charge is 2.32. The van der Waals surface area contributed by atoms with Crippen LogP contribution in [0.3, 0.4) is 0 Å². The number of carbonyl (C=O) groups excluding carboxylic acids is 1. The zero-order valence-electron chi connectivity index (χ0n) is 10.7. The highest BCUT2D eigenvalue weighted by atomic mass is 35.5. The van der Waals surface area contributed by atoms with E-state index in [4.69, 9.17) is 11.6 Å². The van der Waals surface area contributed by atoms with E-state index in [9.17, 15) is 28.2 Å². The molecule has 0 aliphatic carbocycles. The molecule has 2 N–H and O–H groups in total. The monoisotopic (exact) mass is 328 g/mol. The second-order valence-electron chi connectivity index (χ2n) is 3.87. The number of aliphatic hydroxyl groups is 2. The van der Waals surface area contributed by atoms with Gasteiger partial charge in [0.05, 0.1) is 11.6 Å². The van der Waals surface area contributed by atoms with Gasteiger partial charge >= 0.3 is 12.3 Å². The molecule has 0 bridgehead atoms. The smallest absolute Gasteiger partial charge is 0.464 e. The largest absolute Gasteiger partial charge is 0.573 e. The first-order valence-corrected chi connectivity index (χ1v) is 6.11. The molecule has 1 aromatic carbocycles. The van der Waals surface area contributed by atoms with Gasteiger partial charge in [0.25, 0.3) is 0 Å². The van der Waals surface area contributed by atoms with Crippen LogP contribution in [-0.2, 0) is 9.53 Å². The minimum absolute atomic E-state index is 0.00525. The van der Waals surface area contributed by atoms with E-state index >= 15 is 0 Å². The third-order valence-electron chi connectivity index (χ3n) is 2.35. The predicted octanol–water partition coefficient (Wildman–Crippen LogP) is 2.20. The van der Waals surface area contributed by atoms with E-state index in [0.717, 1.165) is 18.2 Å². The molecule has 0 spiro atoms. The van der Waals surface area contributed by atoms with E-state index < -0.39 is 30.3 Å². The van der Waals surface area contributed by atoms with Gasteiger partial charge in [0, 0.05) is 5.56 Å². The van der Waals surface area contributed by atoms with Crippen molar-refractivity contribution in [1.82, 2.24) is 0 Å². The van der Waals surface area contributed by atoms with Crippen LogP contribution in [0.5, 0.6) is 5.75 Å². The molecular formula is C12H12ClF3O5. The Kier molecular flexibility index (Phi) is 5.82. The molecule has 1 rings (SSSR count). The summed E-state index contributed by atoms with van der Waals surface area (Å²) in [6.45, 7) is 1.50. The molecule has 0 amide bonds. The summed E-state index contributed by atoms with van der Waals surface area (Å²) in [7, 11) is 0. The summed E-state index contributed by atoms with van der Waals surface area (Å²) in [5.74, 6) is -1.66. The van der Waals surface area contributed by atoms with E-state index in [1.54, 1.807) is 0 Å². The van der Waals surface area contributed by atoms with Crippen LogP contribution in [0.2, 0.25) is 5.02 Å². The molecule has 1 aromatic rings. The summed E-state index contributed by atoms with van der Waals surface area (Å²) in [5, 5.41) is 19.1. The maximum atomic E-state index is 12.0. The van der Waals surface area contributed by atoms with Crippen molar-refractivity contribution in [3.63, 3.8) is 0 Å². The Morgan fingerprint density at radius 1 is 1.38 bits per heavy atom. The molecule has 9 heteroatoms. The molecule has 2 atom stereocenters. The van der Waals surface area contributed by atoms with Gasteiger partial charge in [-0.05, 0) is 19.1 Å². The Hall–Kier alpha value is -1.51. The van der Waals surface area contributed by atoms with Crippen molar-refractivity contribution in [3.8, 4) is 5.75 Å². The van der Waals surface area contributed by atoms with Crippen LogP contribution >= 0.6 is 11.6 Å². The third-order valence-corrected chi connectivity index (χ3v) is 2.68. The fraction of sp³-hybridized carbons (Fsp3) is 0.417. The summed E-state index contributed by atoms with van der Waals surface area (Å²) in [6, 6.07) is 2.72. The molecule has 0 saturated carbocycles. The topological polar surface area (TPSA) is 76.0 Å². The molecule has 0 heterocycles. The SMILES string of the molecule is CCOC(=O)C(O)C(O)c1ccc(OC(F)(F)F)cc1Cl. The van der Waals surface area contributed by atoms with E-state index in [1.165, 1.54) is 6.92 Å². The Labute approximate surface area is 122 Å². The number of alkyl halides is 3. The molecule has 21 heavy (non-hydrogen) atoms. The molecule has 0 radical (unpaired) electrons. The lowest BCUT2D eigenvalue weighted by atomic mass is 10.0. The van der Waals surface area contributed by atoms with Crippen LogP contribution in [-0.4, -0.2) is 35.3 Å². The molecule has 0 aliphatic rings. The van der Waals surface area contributed by atoms with Crippen LogP contribution in [0.25, 0.3) is 0 Å². The molecule has 0 saturated heterocycles. The van der Waals surface area contributed by atoms with Crippen molar-refractivity contribution in [2.24, 2.45) is 0 Å². The Bertz CT molecular complexity index is 506. The molecule has 118 valence electrons. The third kappa shape index (κ3) is 5.07. The normalized spacial score (nSPS) is 14.4. The Morgan fingerprint density at radius 3 is 2.48 bits per heavy atom. The molecule has 2 unspecified atom stereocenters. The lowest BCUT2D eigenvalue weighted by Gasteiger charge is -2.18. The number of hydrogen-bond acceptors (Lipinski definition) is 5. The van der Waals surface area contributed by atoms with E-state index in [1.807, 2.05) is 0 Å². The molecule has 5 nitrogen and oxygen atoms in total. The molecule has 0 aromatic heterocycles. The first-order valence-electron chi connectivity index (χ1n) is 5.73. The van der Waals surface area contributed by atoms with Gasteiger partial charge in [0.15, 0.2) is 6.10 Å². The predicted molar refractivity (Wildman–Crippen MR) is 65.7 cm³/mol. The van der Waals surface area contributed by atoms with Crippen molar-refractivity contribution in [3.05, 3.63) is 28.8 Å². The Balaban J connectivity index is 2.91. The number of ether oxygens (including phenoxy) is 2. The molecular weight excluding hydrogens is 317 g/mol. The minimum atomic E-state index is -4.88. The van der Waals surface area contributed by atoms with Gasteiger partial charge in [-0.3, -0.25) is 0 Å². The highest BCUT2D eigenvalue weighted by Crippen LogP contribution is 2.31. The number of aliphatic hydroxyl groups excluding tert-OH is 2. The number of carbonyl (C=O) groups is 1. The van der Waals surface area contributed by atoms with Gasteiger partial charge in [0.1, 0.15) is 11.9 Å². The summed E-state index contributed by atoms with van der Waals surface area (Å²) in [4.78, 5) is 11.3. The van der Waals surface area contributed by atoms with Gasteiger partial charge in [-0.25, -0.2) is 4.79 Å². The molecule has 0 aliphatic heterocycles. The lowest BCUT2D eigenvalue weighted by molar-refractivity contribution is -0.274. The van der Waals surface area contributed by atoms with E-state index in [-0.39, 0.29) is 17.2 Å². The fourth-order valence-electron chi connectivity index (χ4n) is 1.47. The van der Waals surface area contributed by atoms with Crippen molar-refractivity contribution in [2.45, 2.75) is 25.5 Å². The second kappa shape index (κ2) is 6.97. The number of hydrogen-bond donors (Lipinski definition) is 2. The Morgan fingerprint density at radius 2 is 2.00 bits per heavy atom. The quantitative estimate of drug-likeness (QED) is 0.810. The number of benzene rings is 1. The molecule has 0 fully saturated rings. The lowest BCUT2D eigenvalue weighted by Crippen LogP contribution is -2.30. The van der Waals surface area contributed by atoms with Crippen molar-refractivity contribution >= 4 is 17.6 Å². The highest BCUT2D eigenvalue weighted by molar-refractivity contribution is 6.31. The van der Waals surface area contributed by atoms with Gasteiger partial charge < -0.3 is 19.7 Å². The number of halogens is 4. The first kappa shape index (κ1) is 17.5. The van der Waals surface area contributed by atoms with Crippen molar-refractivity contribution in [2.75, 3.05) is 6.61 Å². The van der Waals surface area contributed by atoms with Crippen molar-refractivity contribution < 1.29 is 37.7 Å². The van der Waals surface area contributed by atoms with Gasteiger partial charge in [0.2, 0.25) is 0 Å². The van der Waals surface area contributed by atoms with Gasteiger partial charge in [-0.15, -0.1) is 13.2 Å². The van der Waals surface area contributed by atoms with Crippen LogP contribution in [0, 0.1) is 0 Å². The summed E-state index contributed by atoms with van der Waals surface area (Å²) in [5.41, 5.74) is -0.133. The zero-order chi connectivity index (χ0) is 16.2. The van der Waals surface area contributed by atoms with Crippen LogP contribution < -0.4 is 4.74 Å². The summed E-state index contributed by atoms with van der Waals surface area (Å²) >= 11 is 5.71. The number of rotatable bonds is 5. The summed E-state index contributed by atoms with van der Waals surface area (Å²) in [6.07, 6.45) is -8.53. The average Bonchev–Trinajstić information content (AvgIpc) is 2.35. The van der Waals surface area contributed by atoms with Gasteiger partial charge in [-0.2, -0.15) is 0 Å².